The maximum atomic E-state index is 10.2. The summed E-state index contributed by atoms with van der Waals surface area (Å²) in [6.07, 6.45) is 1.90. The Labute approximate surface area is 82.2 Å². The summed E-state index contributed by atoms with van der Waals surface area (Å²) < 4.78 is 4.38. The highest BCUT2D eigenvalue weighted by Crippen LogP contribution is 2.25. The molecule has 0 aliphatic carbocycles. The number of nitrogens with one attached hydrogen (secondary N) is 1. The topological polar surface area (TPSA) is 88.1 Å². The Morgan fingerprint density at radius 3 is 3.14 bits per heavy atom. The lowest BCUT2D eigenvalue weighted by molar-refractivity contribution is 0.143. The van der Waals surface area contributed by atoms with Gasteiger partial charge in [-0.3, -0.25) is 5.10 Å². The largest absolute Gasteiger partial charge is 0.512 e. The fourth-order valence-electron chi connectivity index (χ4n) is 0.896. The Kier molecular flexibility index (Phi) is 2.15. The molecule has 0 unspecified atom stereocenters. The highest BCUT2D eigenvalue weighted by Gasteiger charge is 2.08. The molecule has 14 heavy (non-hydrogen) atoms. The van der Waals surface area contributed by atoms with Crippen molar-refractivity contribution >= 4 is 17.5 Å². The van der Waals surface area contributed by atoms with Gasteiger partial charge in [0.05, 0.1) is 11.6 Å². The zero-order chi connectivity index (χ0) is 9.97. The first-order valence-electron chi connectivity index (χ1n) is 3.61. The summed E-state index contributed by atoms with van der Waals surface area (Å²) in [5.74, 6) is 0.0821. The number of aromatic nitrogens is 3. The van der Waals surface area contributed by atoms with E-state index in [9.17, 15) is 4.79 Å². The van der Waals surface area contributed by atoms with Crippen molar-refractivity contribution in [3.63, 3.8) is 0 Å². The first kappa shape index (κ1) is 8.70. The minimum absolute atomic E-state index is 0.0821. The van der Waals surface area contributed by atoms with Crippen molar-refractivity contribution in [2.75, 3.05) is 0 Å². The second-order valence-electron chi connectivity index (χ2n) is 2.35. The number of hydrogen-bond acceptors (Lipinski definition) is 5. The second-order valence-corrected chi connectivity index (χ2v) is 3.20. The van der Waals surface area contributed by atoms with E-state index in [1.807, 2.05) is 0 Å². The van der Waals surface area contributed by atoms with E-state index in [0.717, 1.165) is 5.56 Å². The summed E-state index contributed by atoms with van der Waals surface area (Å²) >= 11 is 1.29. The van der Waals surface area contributed by atoms with Gasteiger partial charge in [0.2, 0.25) is 5.88 Å². The Morgan fingerprint density at radius 1 is 1.64 bits per heavy atom. The molecular weight excluding hydrogens is 206 g/mol. The molecule has 72 valence electrons. The molecule has 0 amide bonds. The van der Waals surface area contributed by atoms with Crippen molar-refractivity contribution in [2.45, 2.75) is 0 Å². The van der Waals surface area contributed by atoms with Gasteiger partial charge in [-0.25, -0.2) is 9.78 Å². The normalized spacial score (nSPS) is 10.0. The third kappa shape index (κ3) is 1.72. The Bertz CT molecular complexity index is 437. The van der Waals surface area contributed by atoms with Crippen LogP contribution in [0.25, 0.3) is 10.6 Å². The van der Waals surface area contributed by atoms with Crippen LogP contribution in [-0.2, 0) is 0 Å². The maximum absolute atomic E-state index is 10.2. The van der Waals surface area contributed by atoms with Crippen molar-refractivity contribution in [3.8, 4) is 16.5 Å². The van der Waals surface area contributed by atoms with E-state index in [4.69, 9.17) is 5.11 Å². The third-order valence-corrected chi connectivity index (χ3v) is 2.29. The van der Waals surface area contributed by atoms with E-state index in [0.29, 0.717) is 5.01 Å². The lowest BCUT2D eigenvalue weighted by Crippen LogP contribution is -2.02. The second kappa shape index (κ2) is 3.46. The number of H-pyrrole nitrogens is 1. The average molecular weight is 211 g/mol. The van der Waals surface area contributed by atoms with Crippen LogP contribution in [0.1, 0.15) is 0 Å². The van der Waals surface area contributed by atoms with E-state index >= 15 is 0 Å². The van der Waals surface area contributed by atoms with Crippen LogP contribution < -0.4 is 4.74 Å². The highest BCUT2D eigenvalue weighted by molar-refractivity contribution is 7.13. The molecule has 0 bridgehead atoms. The SMILES string of the molecule is O=C(O)Oc1csc(-c2cn[nH]c2)n1. The number of thiazole rings is 1. The number of nitrogens with zero attached hydrogens (tertiary/aromatic N) is 2. The predicted molar refractivity (Wildman–Crippen MR) is 48.3 cm³/mol. The zero-order valence-corrected chi connectivity index (χ0v) is 7.61. The molecule has 2 rings (SSSR count). The molecule has 2 aromatic rings. The van der Waals surface area contributed by atoms with Gasteiger partial charge in [0.1, 0.15) is 5.01 Å². The maximum Gasteiger partial charge on any atom is 0.512 e. The minimum atomic E-state index is -1.37. The van der Waals surface area contributed by atoms with Gasteiger partial charge in [-0.15, -0.1) is 11.3 Å². The van der Waals surface area contributed by atoms with Crippen LogP contribution in [0.5, 0.6) is 5.88 Å². The van der Waals surface area contributed by atoms with Gasteiger partial charge in [-0.1, -0.05) is 0 Å². The first-order chi connectivity index (χ1) is 6.75. The van der Waals surface area contributed by atoms with Crippen LogP contribution in [0.2, 0.25) is 0 Å². The van der Waals surface area contributed by atoms with Crippen LogP contribution in [0.3, 0.4) is 0 Å². The molecule has 2 N–H and O–H groups in total. The van der Waals surface area contributed by atoms with Gasteiger partial charge in [0.15, 0.2) is 0 Å². The zero-order valence-electron chi connectivity index (χ0n) is 6.80. The summed E-state index contributed by atoms with van der Waals surface area (Å²) in [6.45, 7) is 0. The van der Waals surface area contributed by atoms with Crippen molar-refractivity contribution in [2.24, 2.45) is 0 Å². The standard InChI is InChI=1S/C7H5N3O3S/c11-7(12)13-5-3-14-6(10-5)4-1-8-9-2-4/h1-3H,(H,8,9)(H,11,12). The molecule has 0 radical (unpaired) electrons. The van der Waals surface area contributed by atoms with Crippen LogP contribution in [0, 0.1) is 0 Å². The number of ether oxygens (including phenoxy) is 1. The molecule has 2 heterocycles. The third-order valence-electron chi connectivity index (χ3n) is 1.42. The number of hydrogen-bond donors (Lipinski definition) is 2. The first-order valence-corrected chi connectivity index (χ1v) is 4.49. The van der Waals surface area contributed by atoms with Crippen molar-refractivity contribution in [3.05, 3.63) is 17.8 Å². The fraction of sp³-hybridized carbons (Fsp3) is 0. The van der Waals surface area contributed by atoms with E-state index in [2.05, 4.69) is 19.9 Å². The van der Waals surface area contributed by atoms with Gasteiger partial charge in [0, 0.05) is 11.8 Å². The molecule has 0 aliphatic rings. The van der Waals surface area contributed by atoms with E-state index in [1.54, 1.807) is 12.4 Å². The van der Waals surface area contributed by atoms with Crippen molar-refractivity contribution in [1.82, 2.24) is 15.2 Å². The lowest BCUT2D eigenvalue weighted by Gasteiger charge is -1.90. The fourth-order valence-corrected chi connectivity index (χ4v) is 1.60. The highest BCUT2D eigenvalue weighted by atomic mass is 32.1. The summed E-state index contributed by atoms with van der Waals surface area (Å²) in [5.41, 5.74) is 0.801. The molecule has 2 aromatic heterocycles. The molecule has 6 nitrogen and oxygen atoms in total. The van der Waals surface area contributed by atoms with Crippen LogP contribution in [-0.4, -0.2) is 26.4 Å². The van der Waals surface area contributed by atoms with Crippen LogP contribution in [0.4, 0.5) is 4.79 Å². The predicted octanol–water partition coefficient (Wildman–Crippen LogP) is 1.59. The Balaban J connectivity index is 2.22. The molecule has 0 fully saturated rings. The molecular formula is C7H5N3O3S. The molecule has 7 heteroatoms. The molecule has 0 saturated heterocycles. The Hall–Kier alpha value is -1.89. The molecule has 0 aliphatic heterocycles. The summed E-state index contributed by atoms with van der Waals surface area (Å²) in [4.78, 5) is 14.1. The van der Waals surface area contributed by atoms with Crippen LogP contribution >= 0.6 is 11.3 Å². The minimum Gasteiger partial charge on any atom is -0.449 e. The number of carboxylic acid groups (broad SMARTS) is 1. The number of rotatable bonds is 2. The van der Waals surface area contributed by atoms with Crippen molar-refractivity contribution in [1.29, 1.82) is 0 Å². The van der Waals surface area contributed by atoms with E-state index < -0.39 is 6.16 Å². The summed E-state index contributed by atoms with van der Waals surface area (Å²) in [7, 11) is 0. The summed E-state index contributed by atoms with van der Waals surface area (Å²) in [5, 5.41) is 16.9. The van der Waals surface area contributed by atoms with Gasteiger partial charge < -0.3 is 9.84 Å². The van der Waals surface area contributed by atoms with E-state index in [-0.39, 0.29) is 5.88 Å². The smallest absolute Gasteiger partial charge is 0.449 e. The van der Waals surface area contributed by atoms with Crippen LogP contribution in [0.15, 0.2) is 17.8 Å². The lowest BCUT2D eigenvalue weighted by atomic mass is 10.4. The average Bonchev–Trinajstić information content (AvgIpc) is 2.69. The number of aromatic amines is 1. The van der Waals surface area contributed by atoms with Gasteiger partial charge in [-0.2, -0.15) is 5.10 Å². The summed E-state index contributed by atoms with van der Waals surface area (Å²) in [6, 6.07) is 0. The number of carbonyl (C=O) groups is 1. The molecule has 0 saturated carbocycles. The molecule has 0 spiro atoms. The monoisotopic (exact) mass is 211 g/mol. The van der Waals surface area contributed by atoms with Gasteiger partial charge >= 0.3 is 6.16 Å². The van der Waals surface area contributed by atoms with Gasteiger partial charge in [0.25, 0.3) is 0 Å². The van der Waals surface area contributed by atoms with E-state index in [1.165, 1.54) is 16.7 Å². The van der Waals surface area contributed by atoms with Crippen molar-refractivity contribution < 1.29 is 14.6 Å². The Morgan fingerprint density at radius 2 is 2.50 bits per heavy atom. The molecule has 0 aromatic carbocycles. The van der Waals surface area contributed by atoms with Gasteiger partial charge in [-0.05, 0) is 0 Å². The molecule has 0 atom stereocenters. The quantitative estimate of drug-likeness (QED) is 0.736.